The summed E-state index contributed by atoms with van der Waals surface area (Å²) < 4.78 is 7.45. The van der Waals surface area contributed by atoms with Crippen LogP contribution in [0, 0.1) is 0 Å². The molecular weight excluding hydrogens is 192 g/mol. The van der Waals surface area contributed by atoms with E-state index in [9.17, 15) is 0 Å². The van der Waals surface area contributed by atoms with Gasteiger partial charge in [-0.25, -0.2) is 0 Å². The van der Waals surface area contributed by atoms with E-state index in [4.69, 9.17) is 4.74 Å². The topological polar surface area (TPSA) is 52.0 Å². The average molecular weight is 210 g/mol. The molecule has 1 aliphatic rings. The van der Waals surface area contributed by atoms with Gasteiger partial charge in [-0.15, -0.1) is 5.10 Å². The van der Waals surface area contributed by atoms with Gasteiger partial charge >= 0.3 is 0 Å². The van der Waals surface area contributed by atoms with Crippen molar-refractivity contribution in [3.63, 3.8) is 0 Å². The molecule has 0 aromatic carbocycles. The van der Waals surface area contributed by atoms with Crippen LogP contribution in [0.5, 0.6) is 0 Å². The molecule has 1 unspecified atom stereocenters. The van der Waals surface area contributed by atoms with E-state index in [1.165, 1.54) is 19.3 Å². The number of nitrogens with zero attached hydrogens (tertiary/aromatic N) is 3. The van der Waals surface area contributed by atoms with Crippen molar-refractivity contribution in [2.45, 2.75) is 31.9 Å². The normalized spacial score (nSPS) is 21.7. The number of hydrogen-bond acceptors (Lipinski definition) is 4. The number of rotatable bonds is 5. The van der Waals surface area contributed by atoms with E-state index in [0.29, 0.717) is 6.10 Å². The number of nitrogens with one attached hydrogen (secondary N) is 1. The van der Waals surface area contributed by atoms with Crippen molar-refractivity contribution in [3.8, 4) is 0 Å². The molecule has 5 nitrogen and oxygen atoms in total. The zero-order chi connectivity index (χ0) is 10.3. The first-order chi connectivity index (χ1) is 7.45. The maximum absolute atomic E-state index is 5.62. The largest absolute Gasteiger partial charge is 0.377 e. The molecule has 1 N–H and O–H groups in total. The maximum atomic E-state index is 5.62. The number of aromatic nitrogens is 3. The maximum Gasteiger partial charge on any atom is 0.0699 e. The van der Waals surface area contributed by atoms with Crippen LogP contribution in [-0.2, 0) is 11.3 Å². The Bertz CT molecular complexity index is 256. The summed E-state index contributed by atoms with van der Waals surface area (Å²) >= 11 is 0. The lowest BCUT2D eigenvalue weighted by atomic mass is 10.1. The van der Waals surface area contributed by atoms with E-state index in [2.05, 4.69) is 15.6 Å². The predicted octanol–water partition coefficient (Wildman–Crippen LogP) is 0.437. The molecule has 1 saturated heterocycles. The second-order valence-corrected chi connectivity index (χ2v) is 3.86. The third-order valence-corrected chi connectivity index (χ3v) is 2.64. The van der Waals surface area contributed by atoms with Crippen LogP contribution in [0.2, 0.25) is 0 Å². The van der Waals surface area contributed by atoms with Gasteiger partial charge in [0.2, 0.25) is 0 Å². The minimum Gasteiger partial charge on any atom is -0.377 e. The van der Waals surface area contributed by atoms with Crippen LogP contribution in [0.15, 0.2) is 12.4 Å². The minimum atomic E-state index is 0.412. The molecular formula is C10H18N4O. The Kier molecular flexibility index (Phi) is 4.11. The second-order valence-electron chi connectivity index (χ2n) is 3.86. The summed E-state index contributed by atoms with van der Waals surface area (Å²) in [6, 6.07) is 0. The molecule has 1 aliphatic heterocycles. The molecule has 0 bridgehead atoms. The summed E-state index contributed by atoms with van der Waals surface area (Å²) in [5.74, 6) is 0. The van der Waals surface area contributed by atoms with Gasteiger partial charge in [0.05, 0.1) is 18.8 Å². The monoisotopic (exact) mass is 210 g/mol. The van der Waals surface area contributed by atoms with Crippen LogP contribution in [0.1, 0.15) is 19.3 Å². The van der Waals surface area contributed by atoms with E-state index < -0.39 is 0 Å². The van der Waals surface area contributed by atoms with Crippen molar-refractivity contribution in [1.82, 2.24) is 20.3 Å². The first-order valence-corrected chi connectivity index (χ1v) is 5.61. The van der Waals surface area contributed by atoms with Gasteiger partial charge in [0.25, 0.3) is 0 Å². The minimum absolute atomic E-state index is 0.412. The predicted molar refractivity (Wildman–Crippen MR) is 56.5 cm³/mol. The van der Waals surface area contributed by atoms with Gasteiger partial charge < -0.3 is 10.1 Å². The molecule has 1 fully saturated rings. The fraction of sp³-hybridized carbons (Fsp3) is 0.800. The Labute approximate surface area is 89.8 Å². The Hall–Kier alpha value is -0.940. The standard InChI is InChI=1S/C10H18N4O/c1-2-8-15-10(3-1)9-11-4-6-14-7-5-12-13-14/h5,7,10-11H,1-4,6,8-9H2. The lowest BCUT2D eigenvalue weighted by Crippen LogP contribution is -2.33. The lowest BCUT2D eigenvalue weighted by molar-refractivity contribution is 0.0169. The van der Waals surface area contributed by atoms with Gasteiger partial charge in [0.1, 0.15) is 0 Å². The third-order valence-electron chi connectivity index (χ3n) is 2.64. The molecule has 1 aromatic heterocycles. The van der Waals surface area contributed by atoms with Crippen molar-refractivity contribution in [2.75, 3.05) is 19.7 Å². The Morgan fingerprint density at radius 2 is 2.47 bits per heavy atom. The van der Waals surface area contributed by atoms with E-state index in [1.54, 1.807) is 6.20 Å². The summed E-state index contributed by atoms with van der Waals surface area (Å²) in [5.41, 5.74) is 0. The van der Waals surface area contributed by atoms with E-state index >= 15 is 0 Å². The fourth-order valence-corrected chi connectivity index (χ4v) is 1.78. The third kappa shape index (κ3) is 3.60. The molecule has 0 saturated carbocycles. The van der Waals surface area contributed by atoms with Crippen LogP contribution in [0.25, 0.3) is 0 Å². The molecule has 0 amide bonds. The van der Waals surface area contributed by atoms with Crippen molar-refractivity contribution in [1.29, 1.82) is 0 Å². The quantitative estimate of drug-likeness (QED) is 0.716. The van der Waals surface area contributed by atoms with Crippen LogP contribution < -0.4 is 5.32 Å². The van der Waals surface area contributed by atoms with E-state index in [0.717, 1.165) is 26.2 Å². The highest BCUT2D eigenvalue weighted by atomic mass is 16.5. The molecule has 2 heterocycles. The molecule has 0 spiro atoms. The summed E-state index contributed by atoms with van der Waals surface area (Å²) in [6.45, 7) is 3.67. The summed E-state index contributed by atoms with van der Waals surface area (Å²) in [6.07, 6.45) is 7.69. The van der Waals surface area contributed by atoms with Gasteiger partial charge in [0.15, 0.2) is 0 Å². The van der Waals surface area contributed by atoms with Crippen molar-refractivity contribution in [3.05, 3.63) is 12.4 Å². The summed E-state index contributed by atoms with van der Waals surface area (Å²) in [7, 11) is 0. The van der Waals surface area contributed by atoms with E-state index in [1.807, 2.05) is 10.9 Å². The smallest absolute Gasteiger partial charge is 0.0699 e. The first-order valence-electron chi connectivity index (χ1n) is 5.61. The van der Waals surface area contributed by atoms with Crippen LogP contribution in [0.3, 0.4) is 0 Å². The highest BCUT2D eigenvalue weighted by Crippen LogP contribution is 2.11. The van der Waals surface area contributed by atoms with Crippen LogP contribution in [0.4, 0.5) is 0 Å². The fourth-order valence-electron chi connectivity index (χ4n) is 1.78. The second kappa shape index (κ2) is 5.82. The summed E-state index contributed by atoms with van der Waals surface area (Å²) in [5, 5.41) is 11.0. The van der Waals surface area contributed by atoms with Crippen molar-refractivity contribution >= 4 is 0 Å². The van der Waals surface area contributed by atoms with Crippen molar-refractivity contribution < 1.29 is 4.74 Å². The molecule has 0 radical (unpaired) electrons. The van der Waals surface area contributed by atoms with Gasteiger partial charge in [-0.05, 0) is 19.3 Å². The first kappa shape index (κ1) is 10.6. The van der Waals surface area contributed by atoms with Crippen LogP contribution in [-0.4, -0.2) is 40.8 Å². The molecule has 5 heteroatoms. The molecule has 1 aromatic rings. The Morgan fingerprint density at radius 3 is 3.20 bits per heavy atom. The highest BCUT2D eigenvalue weighted by molar-refractivity contribution is 4.67. The van der Waals surface area contributed by atoms with Gasteiger partial charge in [-0.2, -0.15) is 0 Å². The van der Waals surface area contributed by atoms with Crippen LogP contribution >= 0.6 is 0 Å². The Balaban J connectivity index is 1.54. The number of ether oxygens (including phenoxy) is 1. The molecule has 1 atom stereocenters. The Morgan fingerprint density at radius 1 is 1.47 bits per heavy atom. The average Bonchev–Trinajstić information content (AvgIpc) is 2.79. The van der Waals surface area contributed by atoms with Gasteiger partial charge in [-0.3, -0.25) is 4.68 Å². The molecule has 2 rings (SSSR count). The molecule has 0 aliphatic carbocycles. The zero-order valence-electron chi connectivity index (χ0n) is 8.93. The lowest BCUT2D eigenvalue weighted by Gasteiger charge is -2.22. The summed E-state index contributed by atoms with van der Waals surface area (Å²) in [4.78, 5) is 0. The van der Waals surface area contributed by atoms with Gasteiger partial charge in [0, 0.05) is 25.9 Å². The zero-order valence-corrected chi connectivity index (χ0v) is 8.93. The van der Waals surface area contributed by atoms with E-state index in [-0.39, 0.29) is 0 Å². The van der Waals surface area contributed by atoms with Crippen molar-refractivity contribution in [2.24, 2.45) is 0 Å². The van der Waals surface area contributed by atoms with Gasteiger partial charge in [-0.1, -0.05) is 5.21 Å². The SMILES string of the molecule is c1cn(CCNCC2CCCCO2)nn1. The highest BCUT2D eigenvalue weighted by Gasteiger charge is 2.12. The molecule has 15 heavy (non-hydrogen) atoms. The number of hydrogen-bond donors (Lipinski definition) is 1. The molecule has 84 valence electrons.